The minimum absolute atomic E-state index is 0.137. The number of fused-ring (bicyclic) bond motifs is 1. The van der Waals surface area contributed by atoms with Crippen molar-refractivity contribution < 1.29 is 4.63 Å². The Labute approximate surface area is 167 Å². The summed E-state index contributed by atoms with van der Waals surface area (Å²) in [5, 5.41) is 7.91. The van der Waals surface area contributed by atoms with Crippen molar-refractivity contribution in [3.63, 3.8) is 0 Å². The van der Waals surface area contributed by atoms with Crippen molar-refractivity contribution in [2.24, 2.45) is 0 Å². The van der Waals surface area contributed by atoms with E-state index in [0.29, 0.717) is 0 Å². The molecule has 0 saturated heterocycles. The van der Waals surface area contributed by atoms with Gasteiger partial charge in [-0.2, -0.15) is 0 Å². The molecular formula is C22H18N6O. The summed E-state index contributed by atoms with van der Waals surface area (Å²) in [5.41, 5.74) is 6.41. The Morgan fingerprint density at radius 2 is 1.79 bits per heavy atom. The molecule has 0 unspecified atom stereocenters. The summed E-state index contributed by atoms with van der Waals surface area (Å²) in [6, 6.07) is 16.3. The predicted molar refractivity (Wildman–Crippen MR) is 109 cm³/mol. The molecule has 7 nitrogen and oxygen atoms in total. The fourth-order valence-corrected chi connectivity index (χ4v) is 3.55. The van der Waals surface area contributed by atoms with E-state index in [2.05, 4.69) is 43.9 Å². The van der Waals surface area contributed by atoms with Gasteiger partial charge in [0.15, 0.2) is 0 Å². The largest absolute Gasteiger partial charge is 0.327 e. The fourth-order valence-electron chi connectivity index (χ4n) is 3.55. The van der Waals surface area contributed by atoms with Crippen LogP contribution in [0.3, 0.4) is 0 Å². The Kier molecular flexibility index (Phi) is 4.32. The fraction of sp³-hybridized carbons (Fsp3) is 0.136. The molecule has 3 heterocycles. The molecule has 0 aliphatic rings. The summed E-state index contributed by atoms with van der Waals surface area (Å²) in [6.45, 7) is 2.16. The highest BCUT2D eigenvalue weighted by molar-refractivity contribution is 5.85. The van der Waals surface area contributed by atoms with Gasteiger partial charge in [-0.25, -0.2) is 9.61 Å². The van der Waals surface area contributed by atoms with Gasteiger partial charge in [0.25, 0.3) is 0 Å². The Hall–Kier alpha value is -3.87. The Balaban J connectivity index is 1.64. The monoisotopic (exact) mass is 382 g/mol. The highest BCUT2D eigenvalue weighted by atomic mass is 16.6. The second kappa shape index (κ2) is 7.27. The van der Waals surface area contributed by atoms with Crippen molar-refractivity contribution in [3.8, 4) is 22.5 Å². The molecule has 7 heteroatoms. The van der Waals surface area contributed by atoms with Gasteiger partial charge in [-0.1, -0.05) is 36.4 Å². The summed E-state index contributed by atoms with van der Waals surface area (Å²) in [4.78, 5) is 13.4. The van der Waals surface area contributed by atoms with E-state index in [-0.39, 0.29) is 6.04 Å². The van der Waals surface area contributed by atoms with Crippen LogP contribution in [-0.2, 0) is 6.42 Å². The lowest BCUT2D eigenvalue weighted by atomic mass is 10.0. The molecule has 142 valence electrons. The number of hydrogen-bond acceptors (Lipinski definition) is 6. The summed E-state index contributed by atoms with van der Waals surface area (Å²) >= 11 is 0. The molecule has 0 bridgehead atoms. The Morgan fingerprint density at radius 1 is 0.931 bits per heavy atom. The average Bonchev–Trinajstić information content (AvgIpc) is 3.41. The van der Waals surface area contributed by atoms with Crippen LogP contribution in [0.5, 0.6) is 0 Å². The third-order valence-electron chi connectivity index (χ3n) is 4.96. The first-order chi connectivity index (χ1) is 14.3. The first-order valence-corrected chi connectivity index (χ1v) is 9.39. The molecule has 29 heavy (non-hydrogen) atoms. The molecule has 0 N–H and O–H groups in total. The third-order valence-corrected chi connectivity index (χ3v) is 4.96. The highest BCUT2D eigenvalue weighted by Crippen LogP contribution is 2.34. The van der Waals surface area contributed by atoms with Gasteiger partial charge >= 0.3 is 0 Å². The van der Waals surface area contributed by atoms with Crippen molar-refractivity contribution in [2.45, 2.75) is 19.4 Å². The minimum atomic E-state index is 0.137. The van der Waals surface area contributed by atoms with Crippen LogP contribution in [0.15, 0.2) is 78.1 Å². The highest BCUT2D eigenvalue weighted by Gasteiger charge is 2.20. The van der Waals surface area contributed by atoms with Crippen molar-refractivity contribution >= 4 is 11.0 Å². The number of imidazole rings is 1. The van der Waals surface area contributed by atoms with E-state index >= 15 is 0 Å². The molecule has 5 aromatic rings. The predicted octanol–water partition coefficient (Wildman–Crippen LogP) is 4.35. The topological polar surface area (TPSA) is 82.5 Å². The smallest absolute Gasteiger partial charge is 0.135 e. The van der Waals surface area contributed by atoms with E-state index in [4.69, 9.17) is 9.61 Å². The number of hydrogen-bond donors (Lipinski definition) is 0. The zero-order valence-corrected chi connectivity index (χ0v) is 15.8. The van der Waals surface area contributed by atoms with Gasteiger partial charge in [0.2, 0.25) is 0 Å². The quantitative estimate of drug-likeness (QED) is 0.449. The van der Waals surface area contributed by atoms with Gasteiger partial charge in [-0.05, 0) is 29.4 Å². The van der Waals surface area contributed by atoms with Crippen LogP contribution in [0.25, 0.3) is 33.5 Å². The maximum absolute atomic E-state index is 4.87. The van der Waals surface area contributed by atoms with E-state index in [9.17, 15) is 0 Å². The molecular weight excluding hydrogens is 364 g/mol. The third kappa shape index (κ3) is 3.27. The number of aromatic nitrogens is 6. The Morgan fingerprint density at radius 3 is 2.62 bits per heavy atom. The molecule has 1 atom stereocenters. The van der Waals surface area contributed by atoms with E-state index in [1.165, 1.54) is 0 Å². The second-order valence-corrected chi connectivity index (χ2v) is 6.93. The maximum atomic E-state index is 4.87. The van der Waals surface area contributed by atoms with Crippen LogP contribution in [0.2, 0.25) is 0 Å². The van der Waals surface area contributed by atoms with Crippen LogP contribution in [0.1, 0.15) is 18.7 Å². The van der Waals surface area contributed by atoms with Crippen LogP contribution < -0.4 is 0 Å². The molecule has 0 spiro atoms. The van der Waals surface area contributed by atoms with Gasteiger partial charge < -0.3 is 4.57 Å². The summed E-state index contributed by atoms with van der Waals surface area (Å²) in [6.07, 6.45) is 7.85. The number of nitrogens with zero attached hydrogens (tertiary/aromatic N) is 6. The first kappa shape index (κ1) is 17.2. The lowest BCUT2D eigenvalue weighted by Crippen LogP contribution is -2.10. The van der Waals surface area contributed by atoms with E-state index in [1.54, 1.807) is 18.6 Å². The van der Waals surface area contributed by atoms with Gasteiger partial charge in [-0.3, -0.25) is 9.97 Å². The number of benzene rings is 2. The van der Waals surface area contributed by atoms with Crippen molar-refractivity contribution in [1.29, 1.82) is 0 Å². The normalized spacial score (nSPS) is 12.3. The second-order valence-electron chi connectivity index (χ2n) is 6.93. The molecule has 0 aliphatic heterocycles. The van der Waals surface area contributed by atoms with Crippen LogP contribution in [0.4, 0.5) is 0 Å². The summed E-state index contributed by atoms with van der Waals surface area (Å²) < 4.78 is 7.06. The standard InChI is InChI=1S/C22H18N6O/c1-15(11-18-13-23-9-10-24-18)28-14-25-21(16-5-3-2-4-6-16)22(28)17-7-8-19-20(12-17)27-29-26-19/h2-10,12-15H,11H2,1H3/t15-/m0/s1. The molecule has 0 saturated carbocycles. The van der Waals surface area contributed by atoms with E-state index < -0.39 is 0 Å². The molecule has 5 rings (SSSR count). The molecule has 2 aromatic carbocycles. The molecule has 0 aliphatic carbocycles. The van der Waals surface area contributed by atoms with Gasteiger partial charge in [0.05, 0.1) is 23.4 Å². The lowest BCUT2D eigenvalue weighted by molar-refractivity contribution is 0.315. The maximum Gasteiger partial charge on any atom is 0.135 e. The Bertz CT molecular complexity index is 1250. The molecule has 0 amide bonds. The zero-order chi connectivity index (χ0) is 19.6. The number of rotatable bonds is 5. The summed E-state index contributed by atoms with van der Waals surface area (Å²) in [5.74, 6) is 0. The molecule has 3 aromatic heterocycles. The van der Waals surface area contributed by atoms with Gasteiger partial charge in [0.1, 0.15) is 11.0 Å². The van der Waals surface area contributed by atoms with E-state index in [0.717, 1.165) is 45.7 Å². The van der Waals surface area contributed by atoms with Crippen molar-refractivity contribution in [2.75, 3.05) is 0 Å². The van der Waals surface area contributed by atoms with Gasteiger partial charge in [-0.15, -0.1) is 0 Å². The SMILES string of the molecule is C[C@@H](Cc1cnccn1)n1cnc(-c2ccccc2)c1-c1ccc2nonc2c1. The average molecular weight is 382 g/mol. The minimum Gasteiger partial charge on any atom is -0.327 e. The zero-order valence-electron chi connectivity index (χ0n) is 15.8. The lowest BCUT2D eigenvalue weighted by Gasteiger charge is -2.17. The van der Waals surface area contributed by atoms with Crippen molar-refractivity contribution in [3.05, 3.63) is 79.1 Å². The van der Waals surface area contributed by atoms with Gasteiger partial charge in [0, 0.05) is 42.2 Å². The summed E-state index contributed by atoms with van der Waals surface area (Å²) in [7, 11) is 0. The molecule has 0 fully saturated rings. The van der Waals surface area contributed by atoms with E-state index in [1.807, 2.05) is 42.7 Å². The van der Waals surface area contributed by atoms with Crippen molar-refractivity contribution in [1.82, 2.24) is 29.8 Å². The van der Waals surface area contributed by atoms with Crippen LogP contribution in [0, 0.1) is 0 Å². The first-order valence-electron chi connectivity index (χ1n) is 9.39. The molecule has 0 radical (unpaired) electrons. The van der Waals surface area contributed by atoms with Crippen LogP contribution >= 0.6 is 0 Å². The van der Waals surface area contributed by atoms with Crippen LogP contribution in [-0.4, -0.2) is 29.8 Å².